The first-order valence-electron chi connectivity index (χ1n) is 12.7. The second kappa shape index (κ2) is 10.9. The molecule has 3 heterocycles. The van der Waals surface area contributed by atoms with Gasteiger partial charge in [-0.05, 0) is 87.3 Å². The Morgan fingerprint density at radius 3 is 2.42 bits per heavy atom. The highest BCUT2D eigenvalue weighted by Crippen LogP contribution is 2.30. The second-order valence-electron chi connectivity index (χ2n) is 9.88. The molecule has 2 aromatic carbocycles. The number of benzene rings is 2. The highest BCUT2D eigenvalue weighted by molar-refractivity contribution is 7.89. The van der Waals surface area contributed by atoms with Crippen LogP contribution < -0.4 is 10.1 Å². The number of nitrogens with zero attached hydrogens (tertiary/aromatic N) is 4. The standard InChI is InChI=1S/C27H32FN5O4S/c1-37-25-9-4-20(18-23(25)28)24-10-13-29-26(31-24)30-21-5-7-22(8-6-21)38(35,36)33-16-11-27(34,12-17-33)19-32-14-2-3-15-32/h4-10,13,18,34H,2-3,11-12,14-17,19H2,1H3,(H,29,30,31). The van der Waals surface area contributed by atoms with E-state index >= 15 is 0 Å². The largest absolute Gasteiger partial charge is 0.494 e. The van der Waals surface area contributed by atoms with E-state index in [-0.39, 0.29) is 10.6 Å². The average molecular weight is 542 g/mol. The molecule has 0 aliphatic carbocycles. The fourth-order valence-electron chi connectivity index (χ4n) is 5.05. The van der Waals surface area contributed by atoms with Gasteiger partial charge in [-0.25, -0.2) is 22.8 Å². The minimum Gasteiger partial charge on any atom is -0.494 e. The molecule has 1 aromatic heterocycles. The maximum atomic E-state index is 14.1. The van der Waals surface area contributed by atoms with Crippen molar-refractivity contribution in [3.63, 3.8) is 0 Å². The van der Waals surface area contributed by atoms with Gasteiger partial charge in [0.05, 0.1) is 23.3 Å². The van der Waals surface area contributed by atoms with Crippen molar-refractivity contribution >= 4 is 21.7 Å². The number of β-amino-alcohol motifs (C(OH)–C–C–N with tert-alkyl or cyclic N) is 1. The minimum absolute atomic E-state index is 0.151. The highest BCUT2D eigenvalue weighted by Gasteiger charge is 2.38. The van der Waals surface area contributed by atoms with Crippen LogP contribution in [0.15, 0.2) is 59.6 Å². The van der Waals surface area contributed by atoms with Crippen LogP contribution in [0.25, 0.3) is 11.3 Å². The molecule has 0 radical (unpaired) electrons. The number of aliphatic hydroxyl groups is 1. The summed E-state index contributed by atoms with van der Waals surface area (Å²) in [7, 11) is -2.27. The number of methoxy groups -OCH3 is 1. The van der Waals surface area contributed by atoms with Crippen molar-refractivity contribution in [1.82, 2.24) is 19.2 Å². The van der Waals surface area contributed by atoms with Gasteiger partial charge in [0.25, 0.3) is 0 Å². The lowest BCUT2D eigenvalue weighted by Crippen LogP contribution is -2.51. The van der Waals surface area contributed by atoms with Gasteiger partial charge in [-0.15, -0.1) is 0 Å². The smallest absolute Gasteiger partial charge is 0.243 e. The molecule has 202 valence electrons. The summed E-state index contributed by atoms with van der Waals surface area (Å²) in [5.41, 5.74) is 0.874. The van der Waals surface area contributed by atoms with Crippen LogP contribution in [-0.2, 0) is 10.0 Å². The number of nitrogens with one attached hydrogen (secondary N) is 1. The molecule has 0 saturated carbocycles. The summed E-state index contributed by atoms with van der Waals surface area (Å²) in [6, 6.07) is 12.7. The van der Waals surface area contributed by atoms with Crippen molar-refractivity contribution in [2.45, 2.75) is 36.2 Å². The van der Waals surface area contributed by atoms with E-state index in [1.807, 2.05) is 0 Å². The van der Waals surface area contributed by atoms with Gasteiger partial charge in [-0.1, -0.05) is 0 Å². The van der Waals surface area contributed by atoms with Crippen LogP contribution in [0, 0.1) is 5.82 Å². The highest BCUT2D eigenvalue weighted by atomic mass is 32.2. The number of aromatic nitrogens is 2. The molecule has 0 amide bonds. The van der Waals surface area contributed by atoms with Crippen LogP contribution in [0.2, 0.25) is 0 Å². The molecule has 3 aromatic rings. The lowest BCUT2D eigenvalue weighted by molar-refractivity contribution is -0.0284. The quantitative estimate of drug-likeness (QED) is 0.445. The van der Waals surface area contributed by atoms with Crippen molar-refractivity contribution in [2.24, 2.45) is 0 Å². The normalized spacial score (nSPS) is 18.4. The molecule has 0 bridgehead atoms. The first kappa shape index (κ1) is 26.5. The summed E-state index contributed by atoms with van der Waals surface area (Å²) in [5.74, 6) is -0.0407. The third-order valence-corrected chi connectivity index (χ3v) is 9.13. The van der Waals surface area contributed by atoms with Gasteiger partial charge < -0.3 is 20.1 Å². The van der Waals surface area contributed by atoms with E-state index < -0.39 is 21.4 Å². The Kier molecular flexibility index (Phi) is 7.62. The number of likely N-dealkylation sites (tertiary alicyclic amines) is 1. The van der Waals surface area contributed by atoms with Crippen LogP contribution in [0.1, 0.15) is 25.7 Å². The molecule has 0 atom stereocenters. The Labute approximate surface area is 222 Å². The van der Waals surface area contributed by atoms with Crippen molar-refractivity contribution in [1.29, 1.82) is 0 Å². The maximum absolute atomic E-state index is 14.1. The Hall–Kier alpha value is -3.12. The molecule has 2 saturated heterocycles. The van der Waals surface area contributed by atoms with Crippen LogP contribution >= 0.6 is 0 Å². The molecule has 5 rings (SSSR count). The van der Waals surface area contributed by atoms with E-state index in [9.17, 15) is 17.9 Å². The Balaban J connectivity index is 1.23. The van der Waals surface area contributed by atoms with Crippen molar-refractivity contribution in [3.05, 3.63) is 60.5 Å². The lowest BCUT2D eigenvalue weighted by Gasteiger charge is -2.39. The van der Waals surface area contributed by atoms with Gasteiger partial charge >= 0.3 is 0 Å². The van der Waals surface area contributed by atoms with Gasteiger partial charge in [-0.2, -0.15) is 4.31 Å². The summed E-state index contributed by atoms with van der Waals surface area (Å²) < 4.78 is 47.0. The fraction of sp³-hybridized carbons (Fsp3) is 0.407. The van der Waals surface area contributed by atoms with E-state index in [2.05, 4.69) is 20.2 Å². The number of hydrogen-bond donors (Lipinski definition) is 2. The second-order valence-corrected chi connectivity index (χ2v) is 11.8. The summed E-state index contributed by atoms with van der Waals surface area (Å²) in [6.45, 7) is 3.19. The Morgan fingerprint density at radius 1 is 1.05 bits per heavy atom. The van der Waals surface area contributed by atoms with E-state index in [1.165, 1.54) is 23.5 Å². The monoisotopic (exact) mass is 541 g/mol. The molecule has 9 nitrogen and oxygen atoms in total. The fourth-order valence-corrected chi connectivity index (χ4v) is 6.49. The van der Waals surface area contributed by atoms with Gasteiger partial charge in [-0.3, -0.25) is 0 Å². The number of rotatable bonds is 8. The van der Waals surface area contributed by atoms with Crippen LogP contribution in [0.3, 0.4) is 0 Å². The third-order valence-electron chi connectivity index (χ3n) is 7.22. The Bertz CT molecular complexity index is 1370. The Morgan fingerprint density at radius 2 is 1.76 bits per heavy atom. The predicted molar refractivity (Wildman–Crippen MR) is 142 cm³/mol. The van der Waals surface area contributed by atoms with Crippen LogP contribution in [0.5, 0.6) is 5.75 Å². The van der Waals surface area contributed by atoms with Crippen molar-refractivity contribution in [2.75, 3.05) is 45.2 Å². The molecule has 0 unspecified atom stereocenters. The maximum Gasteiger partial charge on any atom is 0.243 e. The summed E-state index contributed by atoms with van der Waals surface area (Å²) >= 11 is 0. The number of sulfonamides is 1. The van der Waals surface area contributed by atoms with E-state index in [4.69, 9.17) is 4.74 Å². The molecular weight excluding hydrogens is 509 g/mol. The molecule has 0 spiro atoms. The minimum atomic E-state index is -3.68. The van der Waals surface area contributed by atoms with E-state index in [0.717, 1.165) is 25.9 Å². The van der Waals surface area contributed by atoms with Gasteiger partial charge in [0.2, 0.25) is 16.0 Å². The SMILES string of the molecule is COc1ccc(-c2ccnc(Nc3ccc(S(=O)(=O)N4CCC(O)(CN5CCCC5)CC4)cc3)n2)cc1F. The molecule has 2 aliphatic heterocycles. The number of ether oxygens (including phenoxy) is 1. The molecule has 2 N–H and O–H groups in total. The third kappa shape index (κ3) is 5.80. The van der Waals surface area contributed by atoms with Crippen LogP contribution in [-0.4, -0.2) is 78.1 Å². The van der Waals surface area contributed by atoms with Crippen LogP contribution in [0.4, 0.5) is 16.0 Å². The zero-order valence-electron chi connectivity index (χ0n) is 21.3. The summed E-state index contributed by atoms with van der Waals surface area (Å²) in [5, 5.41) is 14.1. The molecule has 11 heteroatoms. The van der Waals surface area contributed by atoms with Gasteiger partial charge in [0.1, 0.15) is 0 Å². The molecule has 2 fully saturated rings. The number of anilines is 2. The molecule has 2 aliphatic rings. The lowest BCUT2D eigenvalue weighted by atomic mass is 9.92. The topological polar surface area (TPSA) is 108 Å². The molecule has 38 heavy (non-hydrogen) atoms. The number of hydrogen-bond acceptors (Lipinski definition) is 8. The average Bonchev–Trinajstić information content (AvgIpc) is 3.42. The first-order chi connectivity index (χ1) is 18.3. The number of halogens is 1. The predicted octanol–water partition coefficient (Wildman–Crippen LogP) is 3.65. The van der Waals surface area contributed by atoms with E-state index in [0.29, 0.717) is 55.4 Å². The zero-order valence-corrected chi connectivity index (χ0v) is 22.1. The first-order valence-corrected chi connectivity index (χ1v) is 14.2. The summed E-state index contributed by atoms with van der Waals surface area (Å²) in [4.78, 5) is 11.1. The number of piperidine rings is 1. The molecular formula is C27H32FN5O4S. The zero-order chi connectivity index (χ0) is 26.8. The van der Waals surface area contributed by atoms with Crippen molar-refractivity contribution in [3.8, 4) is 17.0 Å². The van der Waals surface area contributed by atoms with Gasteiger partial charge in [0.15, 0.2) is 11.6 Å². The van der Waals surface area contributed by atoms with E-state index in [1.54, 1.807) is 42.6 Å². The van der Waals surface area contributed by atoms with Crippen molar-refractivity contribution < 1.29 is 22.7 Å². The van der Waals surface area contributed by atoms with Gasteiger partial charge in [0, 0.05) is 37.1 Å². The summed E-state index contributed by atoms with van der Waals surface area (Å²) in [6.07, 6.45) is 4.72.